The number of nitrogens with one attached hydrogen (secondary N) is 1. The molecule has 0 spiro atoms. The van der Waals surface area contributed by atoms with Crippen LogP contribution < -0.4 is 10.2 Å². The lowest BCUT2D eigenvalue weighted by molar-refractivity contribution is -0.129. The van der Waals surface area contributed by atoms with E-state index in [1.54, 1.807) is 19.1 Å². The molecule has 1 aliphatic heterocycles. The Labute approximate surface area is 168 Å². The number of hydrogen-bond donors (Lipinski definition) is 1. The van der Waals surface area contributed by atoms with Crippen LogP contribution in [0.25, 0.3) is 0 Å². The number of carbonyl (C=O) groups excluding carboxylic acids is 2. The number of anilines is 2. The summed E-state index contributed by atoms with van der Waals surface area (Å²) in [5.74, 6) is -0.0477. The SMILES string of the molecule is CC(=O)N1CCN(c2c(Cl)cccc2NC(=O)Cc2ccc(Cl)cc2)CC1. The molecule has 27 heavy (non-hydrogen) atoms. The third-order valence-electron chi connectivity index (χ3n) is 4.58. The van der Waals surface area contributed by atoms with Crippen molar-refractivity contribution in [2.45, 2.75) is 13.3 Å². The summed E-state index contributed by atoms with van der Waals surface area (Å²) in [6.45, 7) is 4.19. The Balaban J connectivity index is 1.72. The first-order valence-electron chi connectivity index (χ1n) is 8.77. The fraction of sp³-hybridized carbons (Fsp3) is 0.300. The highest BCUT2D eigenvalue weighted by atomic mass is 35.5. The van der Waals surface area contributed by atoms with Crippen molar-refractivity contribution in [2.24, 2.45) is 0 Å². The average Bonchev–Trinajstić information content (AvgIpc) is 2.64. The first-order chi connectivity index (χ1) is 12.9. The van der Waals surface area contributed by atoms with E-state index in [-0.39, 0.29) is 18.2 Å². The van der Waals surface area contributed by atoms with Gasteiger partial charge in [0.2, 0.25) is 11.8 Å². The van der Waals surface area contributed by atoms with Gasteiger partial charge in [-0.15, -0.1) is 0 Å². The molecule has 2 aromatic carbocycles. The van der Waals surface area contributed by atoms with Gasteiger partial charge in [-0.1, -0.05) is 41.4 Å². The normalized spacial score (nSPS) is 14.2. The molecule has 0 saturated carbocycles. The molecule has 0 aliphatic carbocycles. The smallest absolute Gasteiger partial charge is 0.228 e. The minimum Gasteiger partial charge on any atom is -0.365 e. The Morgan fingerprint density at radius 2 is 1.67 bits per heavy atom. The van der Waals surface area contributed by atoms with Gasteiger partial charge < -0.3 is 15.1 Å². The molecule has 3 rings (SSSR count). The summed E-state index contributed by atoms with van der Waals surface area (Å²) in [6.07, 6.45) is 0.251. The van der Waals surface area contributed by atoms with E-state index in [2.05, 4.69) is 10.2 Å². The predicted octanol–water partition coefficient (Wildman–Crippen LogP) is 3.84. The molecular weight excluding hydrogens is 385 g/mol. The lowest BCUT2D eigenvalue weighted by Gasteiger charge is -2.37. The lowest BCUT2D eigenvalue weighted by Crippen LogP contribution is -2.48. The van der Waals surface area contributed by atoms with Gasteiger partial charge in [0.1, 0.15) is 0 Å². The fourth-order valence-electron chi connectivity index (χ4n) is 3.16. The maximum atomic E-state index is 12.5. The zero-order valence-corrected chi connectivity index (χ0v) is 16.6. The van der Waals surface area contributed by atoms with Crippen LogP contribution in [0.5, 0.6) is 0 Å². The van der Waals surface area contributed by atoms with Crippen molar-refractivity contribution in [2.75, 3.05) is 36.4 Å². The number of amides is 2. The van der Waals surface area contributed by atoms with E-state index in [1.807, 2.05) is 35.2 Å². The molecule has 142 valence electrons. The summed E-state index contributed by atoms with van der Waals surface area (Å²) >= 11 is 12.3. The van der Waals surface area contributed by atoms with Crippen molar-refractivity contribution < 1.29 is 9.59 Å². The second-order valence-corrected chi connectivity index (χ2v) is 7.32. The van der Waals surface area contributed by atoms with Gasteiger partial charge >= 0.3 is 0 Å². The van der Waals surface area contributed by atoms with E-state index in [9.17, 15) is 9.59 Å². The summed E-state index contributed by atoms with van der Waals surface area (Å²) < 4.78 is 0. The molecular formula is C20H21Cl2N3O2. The Hall–Kier alpha value is -2.24. The summed E-state index contributed by atoms with van der Waals surface area (Å²) in [7, 11) is 0. The van der Waals surface area contributed by atoms with Gasteiger partial charge in [0, 0.05) is 38.1 Å². The third-order valence-corrected chi connectivity index (χ3v) is 5.14. The average molecular weight is 406 g/mol. The number of hydrogen-bond acceptors (Lipinski definition) is 3. The Bertz CT molecular complexity index is 832. The number of benzene rings is 2. The highest BCUT2D eigenvalue weighted by Gasteiger charge is 2.23. The number of carbonyl (C=O) groups is 2. The van der Waals surface area contributed by atoms with Crippen LogP contribution in [0.1, 0.15) is 12.5 Å². The Morgan fingerprint density at radius 1 is 1.00 bits per heavy atom. The first kappa shape index (κ1) is 19.5. The molecule has 1 saturated heterocycles. The summed E-state index contributed by atoms with van der Waals surface area (Å²) in [6, 6.07) is 12.7. The van der Waals surface area contributed by atoms with Crippen LogP contribution in [0.15, 0.2) is 42.5 Å². The molecule has 5 nitrogen and oxygen atoms in total. The van der Waals surface area contributed by atoms with Crippen LogP contribution in [0, 0.1) is 0 Å². The maximum absolute atomic E-state index is 12.5. The van der Waals surface area contributed by atoms with Gasteiger partial charge in [-0.3, -0.25) is 9.59 Å². The van der Waals surface area contributed by atoms with Gasteiger partial charge in [-0.25, -0.2) is 0 Å². The minimum absolute atomic E-state index is 0.0744. The van der Waals surface area contributed by atoms with Crippen LogP contribution in [0.3, 0.4) is 0 Å². The van der Waals surface area contributed by atoms with Crippen LogP contribution in [0.2, 0.25) is 10.0 Å². The van der Waals surface area contributed by atoms with E-state index >= 15 is 0 Å². The maximum Gasteiger partial charge on any atom is 0.228 e. The van der Waals surface area contributed by atoms with Crippen LogP contribution in [-0.2, 0) is 16.0 Å². The van der Waals surface area contributed by atoms with Crippen molar-refractivity contribution in [3.8, 4) is 0 Å². The van der Waals surface area contributed by atoms with Crippen LogP contribution >= 0.6 is 23.2 Å². The Kier molecular flexibility index (Phi) is 6.24. The number of piperazine rings is 1. The predicted molar refractivity (Wildman–Crippen MR) is 110 cm³/mol. The molecule has 0 radical (unpaired) electrons. The second kappa shape index (κ2) is 8.63. The zero-order valence-electron chi connectivity index (χ0n) is 15.0. The number of nitrogens with zero attached hydrogens (tertiary/aromatic N) is 2. The molecule has 1 fully saturated rings. The molecule has 0 unspecified atom stereocenters. The Morgan fingerprint density at radius 3 is 2.30 bits per heavy atom. The zero-order chi connectivity index (χ0) is 19.4. The van der Waals surface area contributed by atoms with Crippen molar-refractivity contribution in [1.29, 1.82) is 0 Å². The molecule has 2 aromatic rings. The van der Waals surface area contributed by atoms with Gasteiger partial charge in [0.15, 0.2) is 0 Å². The molecule has 0 atom stereocenters. The fourth-order valence-corrected chi connectivity index (χ4v) is 3.58. The van der Waals surface area contributed by atoms with E-state index in [0.29, 0.717) is 41.9 Å². The molecule has 2 amide bonds. The number of para-hydroxylation sites is 1. The van der Waals surface area contributed by atoms with Gasteiger partial charge in [0.25, 0.3) is 0 Å². The topological polar surface area (TPSA) is 52.7 Å². The third kappa shape index (κ3) is 4.93. The lowest BCUT2D eigenvalue weighted by atomic mass is 10.1. The van der Waals surface area contributed by atoms with Crippen molar-refractivity contribution >= 4 is 46.4 Å². The quantitative estimate of drug-likeness (QED) is 0.840. The first-order valence-corrected chi connectivity index (χ1v) is 9.53. The van der Waals surface area contributed by atoms with E-state index in [0.717, 1.165) is 11.3 Å². The number of rotatable bonds is 4. The van der Waals surface area contributed by atoms with Gasteiger partial charge in [0.05, 0.1) is 22.8 Å². The van der Waals surface area contributed by atoms with E-state index < -0.39 is 0 Å². The largest absolute Gasteiger partial charge is 0.365 e. The van der Waals surface area contributed by atoms with Gasteiger partial charge in [-0.2, -0.15) is 0 Å². The monoisotopic (exact) mass is 405 g/mol. The van der Waals surface area contributed by atoms with Gasteiger partial charge in [-0.05, 0) is 29.8 Å². The molecule has 0 bridgehead atoms. The molecule has 1 aliphatic rings. The highest BCUT2D eigenvalue weighted by molar-refractivity contribution is 6.34. The standard InChI is InChI=1S/C20H21Cl2N3O2/c1-14(26)24-9-11-25(12-10-24)20-17(22)3-2-4-18(20)23-19(27)13-15-5-7-16(21)8-6-15/h2-8H,9-13H2,1H3,(H,23,27). The minimum atomic E-state index is -0.122. The number of halogens is 2. The summed E-state index contributed by atoms with van der Waals surface area (Å²) in [4.78, 5) is 28.0. The summed E-state index contributed by atoms with van der Waals surface area (Å²) in [5.41, 5.74) is 2.36. The van der Waals surface area contributed by atoms with Crippen LogP contribution in [0.4, 0.5) is 11.4 Å². The van der Waals surface area contributed by atoms with E-state index in [4.69, 9.17) is 23.2 Å². The van der Waals surface area contributed by atoms with Crippen molar-refractivity contribution in [3.05, 3.63) is 58.1 Å². The van der Waals surface area contributed by atoms with Crippen LogP contribution in [-0.4, -0.2) is 42.9 Å². The van der Waals surface area contributed by atoms with Crippen molar-refractivity contribution in [1.82, 2.24) is 4.90 Å². The molecule has 0 aromatic heterocycles. The van der Waals surface area contributed by atoms with Crippen molar-refractivity contribution in [3.63, 3.8) is 0 Å². The summed E-state index contributed by atoms with van der Waals surface area (Å²) in [5, 5.41) is 4.19. The highest BCUT2D eigenvalue weighted by Crippen LogP contribution is 2.34. The molecule has 7 heteroatoms. The molecule has 1 heterocycles. The van der Waals surface area contributed by atoms with E-state index in [1.165, 1.54) is 0 Å². The second-order valence-electron chi connectivity index (χ2n) is 6.48. The molecule has 1 N–H and O–H groups in total.